The lowest BCUT2D eigenvalue weighted by molar-refractivity contribution is -0.170. The fourth-order valence-corrected chi connectivity index (χ4v) is 2.64. The predicted octanol–water partition coefficient (Wildman–Crippen LogP) is -4.14. The Balaban J connectivity index is 0. The molecule has 0 spiro atoms. The molecule has 2 aliphatic rings. The second-order valence-electron chi connectivity index (χ2n) is 7.96. The Hall–Kier alpha value is -3.42. The second-order valence-corrected chi connectivity index (χ2v) is 7.96. The number of aliphatic hydroxyl groups is 2. The highest BCUT2D eigenvalue weighted by Gasteiger charge is 2.41. The molecule has 0 aromatic heterocycles. The van der Waals surface area contributed by atoms with Gasteiger partial charge in [-0.05, 0) is 0 Å². The van der Waals surface area contributed by atoms with E-state index in [1.165, 1.54) is 0 Å². The molecular weight excluding hydrogens is 520 g/mol. The van der Waals surface area contributed by atoms with Crippen LogP contribution in [-0.4, -0.2) is 140 Å². The second kappa shape index (κ2) is 19.7. The molecule has 18 nitrogen and oxygen atoms in total. The van der Waals surface area contributed by atoms with Gasteiger partial charge in [-0.3, -0.25) is 19.2 Å². The summed E-state index contributed by atoms with van der Waals surface area (Å²) < 4.78 is 0. The minimum atomic E-state index is -2.74. The quantitative estimate of drug-likeness (QED) is 0.121. The van der Waals surface area contributed by atoms with Crippen molar-refractivity contribution in [2.45, 2.75) is 36.9 Å². The van der Waals surface area contributed by atoms with E-state index < -0.39 is 72.7 Å². The van der Waals surface area contributed by atoms with Gasteiger partial charge >= 0.3 is 35.8 Å². The van der Waals surface area contributed by atoms with Gasteiger partial charge in [-0.2, -0.15) is 0 Å². The molecule has 38 heavy (non-hydrogen) atoms. The highest BCUT2D eigenvalue weighted by Crippen LogP contribution is 2.16. The highest BCUT2D eigenvalue weighted by molar-refractivity contribution is 5.88. The van der Waals surface area contributed by atoms with E-state index in [-0.39, 0.29) is 0 Å². The third-order valence-electron chi connectivity index (χ3n) is 4.49. The highest BCUT2D eigenvalue weighted by atomic mass is 16.4. The maximum atomic E-state index is 10.3. The van der Waals surface area contributed by atoms with Crippen LogP contribution in [0.15, 0.2) is 0 Å². The van der Waals surface area contributed by atoms with Crippen LogP contribution < -0.4 is 21.3 Å². The summed E-state index contributed by atoms with van der Waals surface area (Å²) in [5.41, 5.74) is -5.48. The molecule has 220 valence electrons. The molecule has 0 radical (unpaired) electrons. The van der Waals surface area contributed by atoms with Gasteiger partial charge in [0, 0.05) is 52.4 Å². The van der Waals surface area contributed by atoms with E-state index >= 15 is 0 Å². The summed E-state index contributed by atoms with van der Waals surface area (Å²) in [6.07, 6.45) is -4.58. The van der Waals surface area contributed by atoms with Crippen LogP contribution in [0.1, 0.15) is 25.7 Å². The van der Waals surface area contributed by atoms with Crippen molar-refractivity contribution in [3.8, 4) is 0 Å². The Morgan fingerprint density at radius 2 is 0.579 bits per heavy atom. The Morgan fingerprint density at radius 3 is 0.658 bits per heavy atom. The van der Waals surface area contributed by atoms with Crippen LogP contribution in [-0.2, 0) is 28.8 Å². The van der Waals surface area contributed by atoms with Crippen LogP contribution in [0.5, 0.6) is 0 Å². The van der Waals surface area contributed by atoms with Crippen LogP contribution in [0.2, 0.25) is 0 Å². The first kappa shape index (κ1) is 36.7. The molecule has 0 aromatic rings. The van der Waals surface area contributed by atoms with Crippen LogP contribution in [0.25, 0.3) is 0 Å². The molecule has 0 unspecified atom stereocenters. The van der Waals surface area contributed by atoms with Gasteiger partial charge in [0.25, 0.3) is 0 Å². The predicted molar refractivity (Wildman–Crippen MR) is 126 cm³/mol. The first-order valence-corrected chi connectivity index (χ1v) is 11.2. The fraction of sp³-hybridized carbons (Fsp3) is 0.700. The van der Waals surface area contributed by atoms with Crippen molar-refractivity contribution in [2.75, 3.05) is 52.4 Å². The molecule has 0 amide bonds. The molecule has 18 heteroatoms. The lowest BCUT2D eigenvalue weighted by Gasteiger charge is -2.18. The smallest absolute Gasteiger partial charge is 0.336 e. The van der Waals surface area contributed by atoms with E-state index in [4.69, 9.17) is 40.9 Å². The number of hydrogen-bond acceptors (Lipinski definition) is 12. The van der Waals surface area contributed by atoms with Gasteiger partial charge in [-0.15, -0.1) is 0 Å². The first-order valence-electron chi connectivity index (χ1n) is 11.2. The SMILES string of the molecule is C1CNCCN1.C1CNCCN1.O=C(O)CC(O)(CC(=O)O)C(=O)O.O=C(O)CC(O)(CC(=O)O)C(=O)O. The number of aliphatic carboxylic acids is 6. The van der Waals surface area contributed by atoms with Crippen LogP contribution in [0.3, 0.4) is 0 Å². The summed E-state index contributed by atoms with van der Waals surface area (Å²) in [7, 11) is 0. The molecule has 0 saturated carbocycles. The Morgan fingerprint density at radius 1 is 0.421 bits per heavy atom. The minimum absolute atomic E-state index is 1.14. The van der Waals surface area contributed by atoms with Gasteiger partial charge in [0.1, 0.15) is 0 Å². The summed E-state index contributed by atoms with van der Waals surface area (Å²) >= 11 is 0. The average molecular weight is 557 g/mol. The summed E-state index contributed by atoms with van der Waals surface area (Å²) in [6, 6.07) is 0. The molecule has 12 N–H and O–H groups in total. The zero-order chi connectivity index (χ0) is 29.8. The van der Waals surface area contributed by atoms with E-state index in [1.54, 1.807) is 0 Å². The monoisotopic (exact) mass is 556 g/mol. The van der Waals surface area contributed by atoms with Crippen molar-refractivity contribution >= 4 is 35.8 Å². The van der Waals surface area contributed by atoms with Crippen molar-refractivity contribution in [2.24, 2.45) is 0 Å². The van der Waals surface area contributed by atoms with E-state index in [0.29, 0.717) is 0 Å². The van der Waals surface area contributed by atoms with Gasteiger partial charge in [-0.25, -0.2) is 9.59 Å². The van der Waals surface area contributed by atoms with Crippen molar-refractivity contribution in [1.82, 2.24) is 21.3 Å². The van der Waals surface area contributed by atoms with Gasteiger partial charge in [0.05, 0.1) is 25.7 Å². The maximum Gasteiger partial charge on any atom is 0.336 e. The molecule has 2 heterocycles. The standard InChI is InChI=1S/2C6H8O7.2C4H10N2/c2*7-3(8)1-6(13,5(11)12)2-4(9)10;2*1-2-6-4-3-5-1/h2*13H,1-2H2,(H,7,8)(H,9,10)(H,11,12);2*5-6H,1-4H2. The zero-order valence-corrected chi connectivity index (χ0v) is 20.5. The number of carboxylic acids is 6. The lowest BCUT2D eigenvalue weighted by Crippen LogP contribution is -2.42. The summed E-state index contributed by atoms with van der Waals surface area (Å²) in [5.74, 6) is -10.0. The summed E-state index contributed by atoms with van der Waals surface area (Å²) in [5, 5.41) is 80.5. The first-order chi connectivity index (χ1) is 17.6. The molecule has 2 rings (SSSR count). The molecule has 2 fully saturated rings. The van der Waals surface area contributed by atoms with E-state index in [2.05, 4.69) is 21.3 Å². The molecule has 2 saturated heterocycles. The minimum Gasteiger partial charge on any atom is -0.481 e. The molecule has 0 aliphatic carbocycles. The number of carboxylic acid groups (broad SMARTS) is 6. The zero-order valence-electron chi connectivity index (χ0n) is 20.5. The van der Waals surface area contributed by atoms with Crippen molar-refractivity contribution in [3.05, 3.63) is 0 Å². The van der Waals surface area contributed by atoms with Gasteiger partial charge in [-0.1, -0.05) is 0 Å². The molecular formula is C20H36N4O14. The number of hydrogen-bond donors (Lipinski definition) is 12. The third kappa shape index (κ3) is 19.7. The number of carbonyl (C=O) groups is 6. The molecule has 0 aromatic carbocycles. The normalized spacial score (nSPS) is 15.0. The third-order valence-corrected chi connectivity index (χ3v) is 4.49. The summed E-state index contributed by atoms with van der Waals surface area (Å²) in [6.45, 7) is 9.11. The number of piperazine rings is 2. The largest absolute Gasteiger partial charge is 0.481 e. The molecule has 0 atom stereocenters. The van der Waals surface area contributed by atoms with E-state index in [0.717, 1.165) is 52.4 Å². The Bertz CT molecular complexity index is 665. The topological polar surface area (TPSA) is 312 Å². The van der Waals surface area contributed by atoms with Gasteiger partial charge in [0.15, 0.2) is 11.2 Å². The van der Waals surface area contributed by atoms with Crippen LogP contribution >= 0.6 is 0 Å². The van der Waals surface area contributed by atoms with Gasteiger partial charge in [0.2, 0.25) is 0 Å². The fourth-order valence-electron chi connectivity index (χ4n) is 2.64. The van der Waals surface area contributed by atoms with Crippen molar-refractivity contribution < 1.29 is 69.6 Å². The van der Waals surface area contributed by atoms with Crippen LogP contribution in [0, 0.1) is 0 Å². The Kier molecular flexibility index (Phi) is 19.0. The van der Waals surface area contributed by atoms with Crippen molar-refractivity contribution in [1.29, 1.82) is 0 Å². The Labute approximate surface area is 216 Å². The summed E-state index contributed by atoms with van der Waals surface area (Å²) in [4.78, 5) is 61.0. The van der Waals surface area contributed by atoms with E-state index in [9.17, 15) is 28.8 Å². The maximum absolute atomic E-state index is 10.3. The van der Waals surface area contributed by atoms with Gasteiger partial charge < -0.3 is 62.1 Å². The van der Waals surface area contributed by atoms with Crippen molar-refractivity contribution in [3.63, 3.8) is 0 Å². The molecule has 2 aliphatic heterocycles. The number of rotatable bonds is 10. The lowest BCUT2D eigenvalue weighted by atomic mass is 9.96. The average Bonchev–Trinajstić information content (AvgIpc) is 2.80. The van der Waals surface area contributed by atoms with E-state index in [1.807, 2.05) is 0 Å². The van der Waals surface area contributed by atoms with Crippen LogP contribution in [0.4, 0.5) is 0 Å². The molecule has 0 bridgehead atoms. The number of nitrogens with one attached hydrogen (secondary N) is 4.